The molecule has 100 valence electrons. The molecule has 1 aromatic carbocycles. The van der Waals surface area contributed by atoms with E-state index in [0.717, 1.165) is 29.2 Å². The molecule has 1 unspecified atom stereocenters. The van der Waals surface area contributed by atoms with Crippen LogP contribution in [0, 0.1) is 0 Å². The SMILES string of the molecule is COc1cccc(C(N)c2nc3c(s2)CCCC3)c1. The van der Waals surface area contributed by atoms with Crippen molar-refractivity contribution in [3.63, 3.8) is 0 Å². The molecule has 1 aromatic heterocycles. The van der Waals surface area contributed by atoms with Crippen LogP contribution in [0.15, 0.2) is 24.3 Å². The van der Waals surface area contributed by atoms with E-state index in [9.17, 15) is 0 Å². The molecule has 2 N–H and O–H groups in total. The predicted molar refractivity (Wildman–Crippen MR) is 77.8 cm³/mol. The van der Waals surface area contributed by atoms with Gasteiger partial charge in [0.1, 0.15) is 10.8 Å². The molecular weight excluding hydrogens is 256 g/mol. The first kappa shape index (κ1) is 12.6. The Morgan fingerprint density at radius 2 is 2.16 bits per heavy atom. The first-order valence-electron chi connectivity index (χ1n) is 6.66. The monoisotopic (exact) mass is 274 g/mol. The Kier molecular flexibility index (Phi) is 3.53. The lowest BCUT2D eigenvalue weighted by Crippen LogP contribution is -2.11. The number of aryl methyl sites for hydroxylation is 2. The largest absolute Gasteiger partial charge is 0.497 e. The zero-order chi connectivity index (χ0) is 13.2. The molecule has 0 saturated carbocycles. The summed E-state index contributed by atoms with van der Waals surface area (Å²) in [5.41, 5.74) is 8.67. The minimum Gasteiger partial charge on any atom is -0.497 e. The van der Waals surface area contributed by atoms with E-state index in [2.05, 4.69) is 0 Å². The summed E-state index contributed by atoms with van der Waals surface area (Å²) in [6.07, 6.45) is 4.81. The minimum absolute atomic E-state index is 0.147. The number of methoxy groups -OCH3 is 1. The van der Waals surface area contributed by atoms with Crippen molar-refractivity contribution in [1.82, 2.24) is 4.98 Å². The molecule has 0 aliphatic heterocycles. The zero-order valence-electron chi connectivity index (χ0n) is 11.1. The van der Waals surface area contributed by atoms with E-state index in [1.807, 2.05) is 24.3 Å². The number of rotatable bonds is 3. The lowest BCUT2D eigenvalue weighted by atomic mass is 10.0. The first-order chi connectivity index (χ1) is 9.28. The summed E-state index contributed by atoms with van der Waals surface area (Å²) in [5.74, 6) is 0.842. The number of nitrogens with zero attached hydrogens (tertiary/aromatic N) is 1. The highest BCUT2D eigenvalue weighted by atomic mass is 32.1. The third kappa shape index (κ3) is 2.51. The highest BCUT2D eigenvalue weighted by Crippen LogP contribution is 2.32. The van der Waals surface area contributed by atoms with Gasteiger partial charge in [-0.2, -0.15) is 0 Å². The summed E-state index contributed by atoms with van der Waals surface area (Å²) in [6.45, 7) is 0. The minimum atomic E-state index is -0.147. The molecule has 0 fully saturated rings. The molecule has 0 amide bonds. The third-order valence-corrected chi connectivity index (χ3v) is 4.82. The molecule has 0 radical (unpaired) electrons. The van der Waals surface area contributed by atoms with Gasteiger partial charge in [-0.25, -0.2) is 4.98 Å². The normalized spacial score (nSPS) is 15.9. The molecule has 0 spiro atoms. The number of hydrogen-bond acceptors (Lipinski definition) is 4. The Morgan fingerprint density at radius 1 is 1.32 bits per heavy atom. The molecular formula is C15H18N2OS. The van der Waals surface area contributed by atoms with Crippen molar-refractivity contribution in [2.24, 2.45) is 5.73 Å². The van der Waals surface area contributed by atoms with Crippen LogP contribution in [-0.2, 0) is 12.8 Å². The van der Waals surface area contributed by atoms with Crippen molar-refractivity contribution in [3.8, 4) is 5.75 Å². The van der Waals surface area contributed by atoms with E-state index in [1.165, 1.54) is 23.4 Å². The third-order valence-electron chi connectivity index (χ3n) is 3.58. The highest BCUT2D eigenvalue weighted by Gasteiger charge is 2.19. The van der Waals surface area contributed by atoms with Gasteiger partial charge in [0.05, 0.1) is 18.8 Å². The zero-order valence-corrected chi connectivity index (χ0v) is 11.9. The second-order valence-corrected chi connectivity index (χ2v) is 6.00. The molecule has 1 aliphatic carbocycles. The number of fused-ring (bicyclic) bond motifs is 1. The molecule has 1 aliphatic rings. The number of hydrogen-bond donors (Lipinski definition) is 1. The molecule has 3 rings (SSSR count). The molecule has 3 nitrogen and oxygen atoms in total. The van der Waals surface area contributed by atoms with Crippen molar-refractivity contribution < 1.29 is 4.74 Å². The van der Waals surface area contributed by atoms with Crippen LogP contribution in [0.2, 0.25) is 0 Å². The van der Waals surface area contributed by atoms with E-state index >= 15 is 0 Å². The van der Waals surface area contributed by atoms with Gasteiger partial charge in [-0.15, -0.1) is 11.3 Å². The molecule has 2 aromatic rings. The fourth-order valence-electron chi connectivity index (χ4n) is 2.48. The topological polar surface area (TPSA) is 48.1 Å². The van der Waals surface area contributed by atoms with Gasteiger partial charge in [-0.05, 0) is 43.4 Å². The summed E-state index contributed by atoms with van der Waals surface area (Å²) in [7, 11) is 1.67. The van der Waals surface area contributed by atoms with Gasteiger partial charge in [0.25, 0.3) is 0 Å². The number of ether oxygens (including phenoxy) is 1. The number of nitrogens with two attached hydrogens (primary N) is 1. The van der Waals surface area contributed by atoms with Crippen LogP contribution in [0.4, 0.5) is 0 Å². The van der Waals surface area contributed by atoms with E-state index in [1.54, 1.807) is 18.4 Å². The summed E-state index contributed by atoms with van der Waals surface area (Å²) < 4.78 is 5.25. The molecule has 1 atom stereocenters. The maximum atomic E-state index is 6.34. The van der Waals surface area contributed by atoms with Gasteiger partial charge in [0.15, 0.2) is 0 Å². The Balaban J connectivity index is 1.90. The lowest BCUT2D eigenvalue weighted by Gasteiger charge is -2.10. The van der Waals surface area contributed by atoms with Crippen LogP contribution in [0.1, 0.15) is 40.0 Å². The average Bonchev–Trinajstić information content (AvgIpc) is 2.90. The van der Waals surface area contributed by atoms with Gasteiger partial charge < -0.3 is 10.5 Å². The molecule has 1 heterocycles. The van der Waals surface area contributed by atoms with E-state index in [0.29, 0.717) is 0 Å². The molecule has 19 heavy (non-hydrogen) atoms. The van der Waals surface area contributed by atoms with Crippen molar-refractivity contribution in [2.75, 3.05) is 7.11 Å². The number of aromatic nitrogens is 1. The lowest BCUT2D eigenvalue weighted by molar-refractivity contribution is 0.414. The van der Waals surface area contributed by atoms with E-state index in [-0.39, 0.29) is 6.04 Å². The Bertz CT molecular complexity index is 556. The fraction of sp³-hybridized carbons (Fsp3) is 0.400. The Hall–Kier alpha value is -1.39. The smallest absolute Gasteiger partial charge is 0.119 e. The van der Waals surface area contributed by atoms with Gasteiger partial charge in [-0.3, -0.25) is 0 Å². The molecule has 0 bridgehead atoms. The van der Waals surface area contributed by atoms with Crippen molar-refractivity contribution in [1.29, 1.82) is 0 Å². The number of thiazole rings is 1. The maximum Gasteiger partial charge on any atom is 0.119 e. The maximum absolute atomic E-state index is 6.34. The van der Waals surface area contributed by atoms with E-state index < -0.39 is 0 Å². The second kappa shape index (κ2) is 5.31. The quantitative estimate of drug-likeness (QED) is 0.935. The standard InChI is InChI=1S/C15H18N2OS/c1-18-11-6-4-5-10(9-11)14(16)15-17-12-7-2-3-8-13(12)19-15/h4-6,9,14H,2-3,7-8,16H2,1H3. The average molecular weight is 274 g/mol. The van der Waals surface area contributed by atoms with Crippen LogP contribution < -0.4 is 10.5 Å². The first-order valence-corrected chi connectivity index (χ1v) is 7.47. The number of benzene rings is 1. The summed E-state index contributed by atoms with van der Waals surface area (Å²) in [5, 5.41) is 1.03. The Morgan fingerprint density at radius 3 is 2.95 bits per heavy atom. The summed E-state index contributed by atoms with van der Waals surface area (Å²) in [6, 6.07) is 7.79. The fourth-order valence-corrected chi connectivity index (χ4v) is 3.67. The summed E-state index contributed by atoms with van der Waals surface area (Å²) >= 11 is 1.77. The van der Waals surface area contributed by atoms with Crippen LogP contribution in [0.5, 0.6) is 5.75 Å². The Labute approximate surface area is 117 Å². The van der Waals surface area contributed by atoms with Crippen LogP contribution in [-0.4, -0.2) is 12.1 Å². The van der Waals surface area contributed by atoms with Gasteiger partial charge in [-0.1, -0.05) is 12.1 Å². The van der Waals surface area contributed by atoms with Gasteiger partial charge in [0, 0.05) is 4.88 Å². The molecule has 0 saturated heterocycles. The van der Waals surface area contributed by atoms with Crippen molar-refractivity contribution in [3.05, 3.63) is 45.4 Å². The highest BCUT2D eigenvalue weighted by molar-refractivity contribution is 7.11. The van der Waals surface area contributed by atoms with Crippen molar-refractivity contribution in [2.45, 2.75) is 31.7 Å². The second-order valence-electron chi connectivity index (χ2n) is 4.88. The predicted octanol–water partition coefficient (Wildman–Crippen LogP) is 3.08. The van der Waals surface area contributed by atoms with Gasteiger partial charge >= 0.3 is 0 Å². The van der Waals surface area contributed by atoms with Gasteiger partial charge in [0.2, 0.25) is 0 Å². The molecule has 4 heteroatoms. The summed E-state index contributed by atoms with van der Waals surface area (Å²) in [4.78, 5) is 6.17. The van der Waals surface area contributed by atoms with Crippen LogP contribution >= 0.6 is 11.3 Å². The van der Waals surface area contributed by atoms with Crippen LogP contribution in [0.3, 0.4) is 0 Å². The van der Waals surface area contributed by atoms with Crippen molar-refractivity contribution >= 4 is 11.3 Å². The van der Waals surface area contributed by atoms with Crippen LogP contribution in [0.25, 0.3) is 0 Å². The van der Waals surface area contributed by atoms with E-state index in [4.69, 9.17) is 15.5 Å².